The Morgan fingerprint density at radius 1 is 0.467 bits per heavy atom. The van der Waals surface area contributed by atoms with Crippen LogP contribution in [0, 0.1) is 0 Å². The fourth-order valence-corrected chi connectivity index (χ4v) is 7.22. The fourth-order valence-electron chi connectivity index (χ4n) is 6.90. The minimum absolute atomic E-state index is 0.0673. The number of rotatable bonds is 11. The summed E-state index contributed by atoms with van der Waals surface area (Å²) >= 11 is 4.81. The molecule has 6 aromatic carbocycles. The van der Waals surface area contributed by atoms with Crippen molar-refractivity contribution in [2.45, 2.75) is 17.1 Å². The first-order chi connectivity index (χ1) is 22.1. The molecule has 0 fully saturated rings. The molecule has 0 spiro atoms. The van der Waals surface area contributed by atoms with Crippen molar-refractivity contribution >= 4 is 18.6 Å². The number of hydrogen-bond donors (Lipinski definition) is 2. The number of benzene rings is 6. The van der Waals surface area contributed by atoms with E-state index in [9.17, 15) is 9.90 Å². The van der Waals surface area contributed by atoms with Crippen molar-refractivity contribution < 1.29 is 9.90 Å². The van der Waals surface area contributed by atoms with E-state index in [1.165, 1.54) is 0 Å². The second-order valence-electron chi connectivity index (χ2n) is 11.0. The number of nitrogens with zero attached hydrogens (tertiary/aromatic N) is 1. The Hall–Kier alpha value is -4.90. The van der Waals surface area contributed by atoms with E-state index in [1.54, 1.807) is 0 Å². The van der Waals surface area contributed by atoms with Crippen LogP contribution in [0.1, 0.15) is 33.4 Å². The van der Waals surface area contributed by atoms with Crippen LogP contribution in [0.2, 0.25) is 0 Å². The molecule has 6 rings (SSSR count). The number of carboxylic acid groups (broad SMARTS) is 1. The number of hydrogen-bond acceptors (Lipinski definition) is 3. The summed E-state index contributed by atoms with van der Waals surface area (Å²) in [4.78, 5) is 16.0. The minimum Gasteiger partial charge on any atom is -0.480 e. The van der Waals surface area contributed by atoms with E-state index in [1.807, 2.05) is 109 Å². The highest BCUT2D eigenvalue weighted by Gasteiger charge is 2.57. The quantitative estimate of drug-likeness (QED) is 0.115. The van der Waals surface area contributed by atoms with Gasteiger partial charge in [-0.25, -0.2) is 0 Å². The number of thiol groups is 1. The minimum atomic E-state index is -1.10. The highest BCUT2D eigenvalue weighted by molar-refractivity contribution is 7.80. The van der Waals surface area contributed by atoms with Gasteiger partial charge in [-0.05, 0) is 33.4 Å². The van der Waals surface area contributed by atoms with Gasteiger partial charge in [0.1, 0.15) is 6.04 Å². The highest BCUT2D eigenvalue weighted by atomic mass is 32.1. The van der Waals surface area contributed by atoms with Gasteiger partial charge in [0.2, 0.25) is 0 Å². The smallest absolute Gasteiger partial charge is 0.321 e. The molecule has 0 radical (unpaired) electrons. The van der Waals surface area contributed by atoms with Crippen molar-refractivity contribution in [3.05, 3.63) is 215 Å². The lowest BCUT2D eigenvalue weighted by Crippen LogP contribution is -2.65. The second-order valence-corrected chi connectivity index (χ2v) is 11.4. The molecule has 0 heterocycles. The van der Waals surface area contributed by atoms with Crippen molar-refractivity contribution in [3.8, 4) is 0 Å². The Morgan fingerprint density at radius 3 is 0.822 bits per heavy atom. The summed E-state index contributed by atoms with van der Waals surface area (Å²) in [6, 6.07) is 60.6. The summed E-state index contributed by atoms with van der Waals surface area (Å²) in [6.07, 6.45) is 0. The zero-order valence-corrected chi connectivity index (χ0v) is 25.7. The Labute approximate surface area is 270 Å². The van der Waals surface area contributed by atoms with Crippen LogP contribution in [0.3, 0.4) is 0 Å². The SMILES string of the molecule is O=C(O)[C@H](CS)N(C(c1ccccc1)(c1ccccc1)c1ccccc1)C(c1ccccc1)(c1ccccc1)c1ccccc1. The summed E-state index contributed by atoms with van der Waals surface area (Å²) in [7, 11) is 0. The van der Waals surface area contributed by atoms with Crippen LogP contribution in [0.5, 0.6) is 0 Å². The van der Waals surface area contributed by atoms with E-state index in [2.05, 4.69) is 77.7 Å². The Morgan fingerprint density at radius 2 is 0.667 bits per heavy atom. The topological polar surface area (TPSA) is 40.5 Å². The van der Waals surface area contributed by atoms with Gasteiger partial charge in [0.25, 0.3) is 0 Å². The standard InChI is InChI=1S/C41H35NO2S/c43-39(44)38(31-45)42(40(32-19-7-1-8-20-32,33-21-9-2-10-22-33)34-23-11-3-12-24-34)41(35-25-13-4-14-26-35,36-27-15-5-16-28-36)37-29-17-6-18-30-37/h1-30,38,45H,31H2,(H,43,44)/t38-/m0/s1. The lowest BCUT2D eigenvalue weighted by molar-refractivity contribution is -0.147. The molecule has 1 N–H and O–H groups in total. The molecule has 3 nitrogen and oxygen atoms in total. The molecule has 0 aliphatic rings. The predicted octanol–water partition coefficient (Wildman–Crippen LogP) is 8.66. The normalized spacial score (nSPS) is 12.5. The van der Waals surface area contributed by atoms with Gasteiger partial charge in [0.15, 0.2) is 0 Å². The van der Waals surface area contributed by atoms with E-state index >= 15 is 0 Å². The van der Waals surface area contributed by atoms with Crippen molar-refractivity contribution in [2.75, 3.05) is 5.75 Å². The van der Waals surface area contributed by atoms with Crippen molar-refractivity contribution in [3.63, 3.8) is 0 Å². The molecule has 6 aromatic rings. The maximum atomic E-state index is 13.8. The van der Waals surface area contributed by atoms with Crippen molar-refractivity contribution in [2.24, 2.45) is 0 Å². The van der Waals surface area contributed by atoms with Gasteiger partial charge in [-0.2, -0.15) is 12.6 Å². The number of carboxylic acids is 1. The third kappa shape index (κ3) is 5.27. The Bertz CT molecular complexity index is 1480. The molecular weight excluding hydrogens is 571 g/mol. The molecule has 4 heteroatoms. The van der Waals surface area contributed by atoms with Crippen LogP contribution >= 0.6 is 12.6 Å². The fraction of sp³-hybridized carbons (Fsp3) is 0.0976. The lowest BCUT2D eigenvalue weighted by atomic mass is 9.67. The summed E-state index contributed by atoms with van der Waals surface area (Å²) < 4.78 is 0. The van der Waals surface area contributed by atoms with Crippen LogP contribution in [0.25, 0.3) is 0 Å². The van der Waals surface area contributed by atoms with Crippen molar-refractivity contribution in [1.29, 1.82) is 0 Å². The molecular formula is C41H35NO2S. The first-order valence-electron chi connectivity index (χ1n) is 15.1. The first kappa shape index (κ1) is 30.1. The molecule has 0 unspecified atom stereocenters. The molecule has 0 aliphatic heterocycles. The van der Waals surface area contributed by atoms with Gasteiger partial charge >= 0.3 is 5.97 Å². The monoisotopic (exact) mass is 605 g/mol. The third-order valence-corrected chi connectivity index (χ3v) is 8.99. The molecule has 1 atom stereocenters. The highest BCUT2D eigenvalue weighted by Crippen LogP contribution is 2.54. The summed E-state index contributed by atoms with van der Waals surface area (Å²) in [5.41, 5.74) is 3.48. The molecule has 222 valence electrons. The van der Waals surface area contributed by atoms with Gasteiger partial charge < -0.3 is 5.11 Å². The predicted molar refractivity (Wildman–Crippen MR) is 186 cm³/mol. The summed E-state index contributed by atoms with van der Waals surface area (Å²) in [6.45, 7) is 0. The molecule has 45 heavy (non-hydrogen) atoms. The first-order valence-corrected chi connectivity index (χ1v) is 15.7. The van der Waals surface area contributed by atoms with Crippen LogP contribution in [-0.2, 0) is 15.9 Å². The van der Waals surface area contributed by atoms with Gasteiger partial charge in [0, 0.05) is 5.75 Å². The van der Waals surface area contributed by atoms with Crippen molar-refractivity contribution in [1.82, 2.24) is 4.90 Å². The number of aliphatic carboxylic acids is 1. The molecule has 0 saturated carbocycles. The van der Waals surface area contributed by atoms with E-state index in [-0.39, 0.29) is 5.75 Å². The maximum Gasteiger partial charge on any atom is 0.321 e. The number of carbonyl (C=O) groups is 1. The van der Waals surface area contributed by atoms with E-state index in [0.29, 0.717) is 0 Å². The van der Waals surface area contributed by atoms with Gasteiger partial charge in [-0.3, -0.25) is 9.69 Å². The van der Waals surface area contributed by atoms with Gasteiger partial charge in [0.05, 0.1) is 11.1 Å². The maximum absolute atomic E-state index is 13.8. The van der Waals surface area contributed by atoms with Gasteiger partial charge in [-0.1, -0.05) is 182 Å². The third-order valence-electron chi connectivity index (χ3n) is 8.64. The van der Waals surface area contributed by atoms with E-state index in [4.69, 9.17) is 12.6 Å². The van der Waals surface area contributed by atoms with Gasteiger partial charge in [-0.15, -0.1) is 0 Å². The van der Waals surface area contributed by atoms with Crippen LogP contribution in [0.15, 0.2) is 182 Å². The Balaban J connectivity index is 1.93. The van der Waals surface area contributed by atoms with E-state index in [0.717, 1.165) is 33.4 Å². The molecule has 0 aromatic heterocycles. The summed E-state index contributed by atoms with van der Waals surface area (Å²) in [5.74, 6) is -0.887. The van der Waals surface area contributed by atoms with E-state index < -0.39 is 23.1 Å². The van der Waals surface area contributed by atoms with Crippen LogP contribution in [0.4, 0.5) is 0 Å². The second kappa shape index (κ2) is 13.4. The molecule has 0 saturated heterocycles. The van der Waals surface area contributed by atoms with Crippen LogP contribution in [-0.4, -0.2) is 27.8 Å². The molecule has 0 amide bonds. The average molecular weight is 606 g/mol. The largest absolute Gasteiger partial charge is 0.480 e. The lowest BCUT2D eigenvalue weighted by Gasteiger charge is -2.57. The Kier molecular flexibility index (Phi) is 8.97. The summed E-state index contributed by atoms with van der Waals surface area (Å²) in [5, 5.41) is 11.3. The average Bonchev–Trinajstić information content (AvgIpc) is 3.12. The zero-order valence-electron chi connectivity index (χ0n) is 24.9. The zero-order chi connectivity index (χ0) is 31.1. The molecule has 0 bridgehead atoms. The van der Waals surface area contributed by atoms with Crippen LogP contribution < -0.4 is 0 Å². The molecule has 0 aliphatic carbocycles.